The minimum Gasteiger partial charge on any atom is -0.508 e. The van der Waals surface area contributed by atoms with Crippen LogP contribution in [0, 0.1) is 5.92 Å². The van der Waals surface area contributed by atoms with Gasteiger partial charge in [-0.25, -0.2) is 0 Å². The van der Waals surface area contributed by atoms with Crippen molar-refractivity contribution in [3.63, 3.8) is 0 Å². The van der Waals surface area contributed by atoms with Crippen molar-refractivity contribution in [2.24, 2.45) is 11.7 Å². The molecule has 398 valence electrons. The number of aromatic hydroxyl groups is 1. The Labute approximate surface area is 439 Å². The van der Waals surface area contributed by atoms with Crippen LogP contribution in [0.4, 0.5) is 0 Å². The number of hydrogen-bond acceptors (Lipinski definition) is 13. The number of para-hydroxylation sites is 1. The summed E-state index contributed by atoms with van der Waals surface area (Å²) in [4.78, 5) is 130. The molecule has 21 nitrogen and oxygen atoms in total. The summed E-state index contributed by atoms with van der Waals surface area (Å²) in [6.07, 6.45) is 1.26. The summed E-state index contributed by atoms with van der Waals surface area (Å²) in [7, 11) is 0. The molecule has 2 heterocycles. The summed E-state index contributed by atoms with van der Waals surface area (Å²) in [5.74, 6) is -10.9. The summed E-state index contributed by atoms with van der Waals surface area (Å²) < 4.78 is 0. The van der Waals surface area contributed by atoms with Crippen LogP contribution in [0.2, 0.25) is 0 Å². The van der Waals surface area contributed by atoms with Crippen molar-refractivity contribution < 1.29 is 53.4 Å². The number of aromatic amines is 1. The van der Waals surface area contributed by atoms with E-state index in [1.54, 1.807) is 63.4 Å². The Hall–Kier alpha value is -7.11. The van der Waals surface area contributed by atoms with Crippen molar-refractivity contribution in [1.29, 1.82) is 0 Å². The average Bonchev–Trinajstić information content (AvgIpc) is 3.79. The first-order chi connectivity index (χ1) is 35.3. The largest absolute Gasteiger partial charge is 0.508 e. The second-order valence-electron chi connectivity index (χ2n) is 18.5. The predicted octanol–water partition coefficient (Wildman–Crippen LogP) is 0.474. The lowest BCUT2D eigenvalue weighted by molar-refractivity contribution is -0.141. The second-order valence-corrected chi connectivity index (χ2v) is 19.2. The molecule has 1 unspecified atom stereocenters. The van der Waals surface area contributed by atoms with E-state index in [1.807, 2.05) is 18.2 Å². The monoisotopic (exact) mass is 1060 g/mol. The van der Waals surface area contributed by atoms with Crippen molar-refractivity contribution >= 4 is 89.4 Å². The van der Waals surface area contributed by atoms with Crippen molar-refractivity contribution in [3.8, 4) is 5.75 Å². The topological polar surface area (TPSA) is 332 Å². The molecular weight excluding hydrogens is 993 g/mol. The van der Waals surface area contributed by atoms with E-state index in [2.05, 4.69) is 72.8 Å². The molecule has 0 radical (unpaired) electrons. The van der Waals surface area contributed by atoms with Crippen LogP contribution in [0.1, 0.15) is 69.1 Å². The van der Waals surface area contributed by atoms with E-state index in [0.717, 1.165) is 10.9 Å². The van der Waals surface area contributed by atoms with Gasteiger partial charge < -0.3 is 63.5 Å². The Bertz CT molecular complexity index is 2620. The highest BCUT2D eigenvalue weighted by Gasteiger charge is 2.38. The Morgan fingerprint density at radius 2 is 1.05 bits per heavy atom. The Morgan fingerprint density at radius 1 is 0.568 bits per heavy atom. The second kappa shape index (κ2) is 27.8. The minimum absolute atomic E-state index is 0.0320. The molecule has 23 heteroatoms. The number of benzene rings is 3. The number of aliphatic carboxylic acids is 1. The summed E-state index contributed by atoms with van der Waals surface area (Å²) in [5, 5.41) is 41.6. The van der Waals surface area contributed by atoms with Crippen LogP contribution in [0.15, 0.2) is 85.1 Å². The molecule has 1 aliphatic rings. The number of H-pyrrole nitrogens is 1. The van der Waals surface area contributed by atoms with Crippen LogP contribution in [-0.4, -0.2) is 135 Å². The van der Waals surface area contributed by atoms with Crippen molar-refractivity contribution in [3.05, 3.63) is 102 Å². The lowest BCUT2D eigenvalue weighted by Gasteiger charge is -2.30. The van der Waals surface area contributed by atoms with Crippen molar-refractivity contribution in [1.82, 2.24) is 47.5 Å². The number of carboxylic acids is 1. The third-order valence-corrected chi connectivity index (χ3v) is 13.3. The number of aromatic nitrogens is 1. The standard InChI is InChI=1S/C51H66N10O11S2/c1-27(2)42-50(71)57-38(23-41(63)64)47(68)59-40(26-74)49(70)61-43(28(3)30-11-5-4-6-12-30)51(72)56-37(22-31-24-53-34-14-8-7-13-33(31)34)46(67)54-35(15-9-10-20-52)44(65)55-36(21-29-16-18-32(62)19-17-29)45(66)58-39(25-73)48(69)60-42/h4-8,11-14,16-19,24,27-28,35-40,42-43,53,62,73-74H,9-10,15,20-23,25-26,52H2,1-3H3,(H,54,67)(H,55,65)(H,56,72)(H,57,71)(H,58,66)(H,59,68)(H,60,69)(H,61,70)(H,63,64)/t28?,35-,36-,37-,38-,39-,40-,42-,43-/m0/s1. The van der Waals surface area contributed by atoms with Crippen molar-refractivity contribution in [2.45, 2.75) is 114 Å². The fraction of sp³-hybridized carbons (Fsp3) is 0.431. The maximum absolute atomic E-state index is 14.9. The number of nitrogens with one attached hydrogen (secondary N) is 9. The van der Waals surface area contributed by atoms with E-state index >= 15 is 0 Å². The van der Waals surface area contributed by atoms with E-state index in [9.17, 15) is 53.4 Å². The number of thiol groups is 2. The quantitative estimate of drug-likeness (QED) is 0.0571. The maximum atomic E-state index is 14.9. The summed E-state index contributed by atoms with van der Waals surface area (Å²) in [6.45, 7) is 5.07. The number of phenols is 1. The van der Waals surface area contributed by atoms with E-state index in [1.165, 1.54) is 24.3 Å². The molecule has 0 spiro atoms. The molecule has 3 aromatic carbocycles. The lowest BCUT2D eigenvalue weighted by atomic mass is 9.91. The number of carboxylic acid groups (broad SMARTS) is 1. The van der Waals surface area contributed by atoms with Crippen LogP contribution in [0.5, 0.6) is 5.75 Å². The molecule has 1 aliphatic heterocycles. The summed E-state index contributed by atoms with van der Waals surface area (Å²) in [6, 6.07) is 10.0. The van der Waals surface area contributed by atoms with Gasteiger partial charge in [0.1, 0.15) is 54.1 Å². The van der Waals surface area contributed by atoms with Gasteiger partial charge >= 0.3 is 5.97 Å². The van der Waals surface area contributed by atoms with Gasteiger partial charge in [0.15, 0.2) is 0 Å². The number of amides is 8. The van der Waals surface area contributed by atoms with Crippen LogP contribution < -0.4 is 48.3 Å². The molecule has 5 rings (SSSR count). The normalized spacial score (nSPS) is 23.7. The fourth-order valence-corrected chi connectivity index (χ4v) is 8.88. The zero-order valence-electron chi connectivity index (χ0n) is 41.3. The number of rotatable bonds is 15. The fourth-order valence-electron chi connectivity index (χ4n) is 8.36. The SMILES string of the molecule is CC(C)[C@@H]1NC(=O)[C@H](CS)NC(=O)[C@H](Cc2ccc(O)cc2)NC(=O)[C@H](CCCCN)NC(=O)[C@H](Cc2c[nH]c3ccccc23)NC(=O)[C@H](C(C)c2ccccc2)NC(=O)[C@H](CS)NC(=O)[C@H](CC(=O)O)NC1=O. The van der Waals surface area contributed by atoms with Crippen LogP contribution in [0.3, 0.4) is 0 Å². The molecule has 1 fully saturated rings. The van der Waals surface area contributed by atoms with E-state index < -0.39 is 120 Å². The highest BCUT2D eigenvalue weighted by Crippen LogP contribution is 2.23. The first-order valence-corrected chi connectivity index (χ1v) is 25.5. The third kappa shape index (κ3) is 16.2. The van der Waals surface area contributed by atoms with Crippen LogP contribution >= 0.6 is 25.3 Å². The number of phenolic OH excluding ortho intramolecular Hbond substituents is 1. The molecular formula is C51H66N10O11S2. The van der Waals surface area contributed by atoms with Crippen LogP contribution in [0.25, 0.3) is 10.9 Å². The number of hydrogen-bond donors (Lipinski definition) is 14. The first kappa shape index (κ1) is 57.8. The highest BCUT2D eigenvalue weighted by molar-refractivity contribution is 7.80. The molecule has 9 atom stereocenters. The Balaban J connectivity index is 1.63. The van der Waals surface area contributed by atoms with Crippen molar-refractivity contribution in [2.75, 3.05) is 18.1 Å². The molecule has 1 saturated heterocycles. The van der Waals surface area contributed by atoms with Gasteiger partial charge in [-0.2, -0.15) is 25.3 Å². The van der Waals surface area contributed by atoms with Gasteiger partial charge in [0.05, 0.1) is 6.42 Å². The minimum atomic E-state index is -1.80. The molecule has 8 amide bonds. The smallest absolute Gasteiger partial charge is 0.305 e. The van der Waals surface area contributed by atoms with Crippen LogP contribution in [-0.2, 0) is 56.0 Å². The third-order valence-electron chi connectivity index (χ3n) is 12.6. The van der Waals surface area contributed by atoms with E-state index in [4.69, 9.17) is 5.73 Å². The van der Waals surface area contributed by atoms with Gasteiger partial charge in [-0.05, 0) is 66.6 Å². The number of unbranched alkanes of at least 4 members (excludes halogenated alkanes) is 1. The summed E-state index contributed by atoms with van der Waals surface area (Å²) >= 11 is 8.59. The molecule has 13 N–H and O–H groups in total. The van der Waals surface area contributed by atoms with Gasteiger partial charge in [-0.15, -0.1) is 0 Å². The zero-order valence-corrected chi connectivity index (χ0v) is 43.0. The zero-order chi connectivity index (χ0) is 54.1. The van der Waals surface area contributed by atoms with E-state index in [0.29, 0.717) is 29.5 Å². The van der Waals surface area contributed by atoms with Gasteiger partial charge in [0.2, 0.25) is 47.3 Å². The summed E-state index contributed by atoms with van der Waals surface area (Å²) in [5.41, 5.74) is 8.28. The highest BCUT2D eigenvalue weighted by atomic mass is 32.1. The first-order valence-electron chi connectivity index (χ1n) is 24.3. The predicted molar refractivity (Wildman–Crippen MR) is 282 cm³/mol. The number of carbonyl (C=O) groups excluding carboxylic acids is 8. The number of fused-ring (bicyclic) bond motifs is 1. The number of nitrogens with two attached hydrogens (primary N) is 1. The molecule has 1 aromatic heterocycles. The average molecular weight is 1060 g/mol. The maximum Gasteiger partial charge on any atom is 0.305 e. The molecule has 74 heavy (non-hydrogen) atoms. The molecule has 0 saturated carbocycles. The molecule has 0 aliphatic carbocycles. The van der Waals surface area contributed by atoms with Gasteiger partial charge in [-0.1, -0.05) is 81.4 Å². The lowest BCUT2D eigenvalue weighted by Crippen LogP contribution is -2.63. The van der Waals surface area contributed by atoms with Gasteiger partial charge in [-0.3, -0.25) is 43.2 Å². The Kier molecular flexibility index (Phi) is 21.7. The Morgan fingerprint density at radius 3 is 1.65 bits per heavy atom. The van der Waals surface area contributed by atoms with E-state index in [-0.39, 0.29) is 43.1 Å². The molecule has 0 bridgehead atoms. The van der Waals surface area contributed by atoms with Gasteiger partial charge in [0.25, 0.3) is 0 Å². The molecule has 4 aromatic rings. The number of carbonyl (C=O) groups is 9. The van der Waals surface area contributed by atoms with Gasteiger partial charge in [0, 0.05) is 47.4 Å².